The SMILES string of the molecule is C=CS(=O)(=O)CCNc1nc(NCCCC)c(/N=N/c2ccc(/N=N/c3ccc(S(=O)(=O)O)cc3)c3ccccc23)c(C)c1C#N. The van der Waals surface area contributed by atoms with Gasteiger partial charge in [0, 0.05) is 34.8 Å². The van der Waals surface area contributed by atoms with Crippen molar-refractivity contribution in [3.8, 4) is 6.07 Å². The molecule has 0 amide bonds. The Morgan fingerprint density at radius 3 is 2.07 bits per heavy atom. The fourth-order valence-corrected chi connectivity index (χ4v) is 5.36. The zero-order valence-electron chi connectivity index (χ0n) is 25.2. The van der Waals surface area contributed by atoms with Crippen LogP contribution >= 0.6 is 0 Å². The quantitative estimate of drug-likeness (QED) is 0.0689. The zero-order valence-corrected chi connectivity index (χ0v) is 26.8. The molecule has 238 valence electrons. The van der Waals surface area contributed by atoms with Crippen molar-refractivity contribution in [3.05, 3.63) is 83.8 Å². The molecular formula is C31H32N8O5S2. The molecule has 4 rings (SSSR count). The lowest BCUT2D eigenvalue weighted by Gasteiger charge is -2.15. The first kappa shape index (κ1) is 33.8. The van der Waals surface area contributed by atoms with Gasteiger partial charge in [-0.1, -0.05) is 44.2 Å². The Bertz CT molecular complexity index is 2070. The van der Waals surface area contributed by atoms with Crippen LogP contribution in [0.1, 0.15) is 30.9 Å². The van der Waals surface area contributed by atoms with Crippen molar-refractivity contribution >= 4 is 65.1 Å². The van der Waals surface area contributed by atoms with E-state index in [4.69, 9.17) is 0 Å². The van der Waals surface area contributed by atoms with E-state index in [0.29, 0.717) is 40.7 Å². The summed E-state index contributed by atoms with van der Waals surface area (Å²) in [5, 5.41) is 36.1. The zero-order chi connectivity index (χ0) is 33.3. The van der Waals surface area contributed by atoms with Gasteiger partial charge in [0.05, 0.1) is 33.3 Å². The maximum Gasteiger partial charge on any atom is 0.294 e. The van der Waals surface area contributed by atoms with Gasteiger partial charge >= 0.3 is 0 Å². The third kappa shape index (κ3) is 8.36. The summed E-state index contributed by atoms with van der Waals surface area (Å²) in [6, 6.07) is 18.3. The Morgan fingerprint density at radius 2 is 1.50 bits per heavy atom. The highest BCUT2D eigenvalue weighted by atomic mass is 32.2. The van der Waals surface area contributed by atoms with Gasteiger partial charge in [0.15, 0.2) is 15.7 Å². The summed E-state index contributed by atoms with van der Waals surface area (Å²) in [5.41, 5.74) is 2.56. The summed E-state index contributed by atoms with van der Waals surface area (Å²) in [5.74, 6) is 0.438. The van der Waals surface area contributed by atoms with Gasteiger partial charge in [-0.3, -0.25) is 4.55 Å². The average molecular weight is 661 g/mol. The predicted molar refractivity (Wildman–Crippen MR) is 178 cm³/mol. The van der Waals surface area contributed by atoms with Crippen LogP contribution in [-0.2, 0) is 20.0 Å². The molecule has 46 heavy (non-hydrogen) atoms. The first-order valence-electron chi connectivity index (χ1n) is 14.2. The lowest BCUT2D eigenvalue weighted by molar-refractivity contribution is 0.483. The van der Waals surface area contributed by atoms with Crippen LogP contribution in [0.4, 0.5) is 34.4 Å². The Balaban J connectivity index is 1.69. The average Bonchev–Trinajstić information content (AvgIpc) is 3.03. The third-order valence-electron chi connectivity index (χ3n) is 6.83. The second-order valence-electron chi connectivity index (χ2n) is 10.0. The van der Waals surface area contributed by atoms with E-state index in [1.807, 2.05) is 24.3 Å². The van der Waals surface area contributed by atoms with Crippen molar-refractivity contribution in [2.45, 2.75) is 31.6 Å². The second-order valence-corrected chi connectivity index (χ2v) is 13.5. The van der Waals surface area contributed by atoms with E-state index in [2.05, 4.69) is 55.6 Å². The number of benzene rings is 3. The molecule has 0 spiro atoms. The minimum absolute atomic E-state index is 0.0380. The molecule has 0 fully saturated rings. The van der Waals surface area contributed by atoms with E-state index >= 15 is 0 Å². The Hall–Kier alpha value is -5.04. The van der Waals surface area contributed by atoms with Gasteiger partial charge in [-0.2, -0.15) is 18.8 Å². The van der Waals surface area contributed by atoms with E-state index < -0.39 is 20.0 Å². The molecule has 0 atom stereocenters. The number of pyridine rings is 1. The minimum atomic E-state index is -4.31. The molecule has 0 radical (unpaired) electrons. The molecule has 3 aromatic carbocycles. The largest absolute Gasteiger partial charge is 0.368 e. The lowest BCUT2D eigenvalue weighted by atomic mass is 10.1. The van der Waals surface area contributed by atoms with Crippen LogP contribution in [0.2, 0.25) is 0 Å². The highest BCUT2D eigenvalue weighted by molar-refractivity contribution is 7.94. The van der Waals surface area contributed by atoms with Crippen LogP contribution in [0.25, 0.3) is 10.8 Å². The molecular weight excluding hydrogens is 629 g/mol. The smallest absolute Gasteiger partial charge is 0.294 e. The molecule has 15 heteroatoms. The number of azo groups is 2. The molecule has 0 unspecified atom stereocenters. The van der Waals surface area contributed by atoms with Gasteiger partial charge < -0.3 is 10.6 Å². The predicted octanol–water partition coefficient (Wildman–Crippen LogP) is 7.67. The fraction of sp³-hybridized carbons (Fsp3) is 0.226. The number of sulfone groups is 1. The number of aromatic nitrogens is 1. The van der Waals surface area contributed by atoms with Crippen molar-refractivity contribution in [2.24, 2.45) is 20.5 Å². The van der Waals surface area contributed by atoms with Crippen LogP contribution in [0.5, 0.6) is 0 Å². The first-order valence-corrected chi connectivity index (χ1v) is 17.3. The summed E-state index contributed by atoms with van der Waals surface area (Å²) in [6.45, 7) is 7.75. The summed E-state index contributed by atoms with van der Waals surface area (Å²) < 4.78 is 55.5. The number of hydrogen-bond acceptors (Lipinski definition) is 12. The molecule has 1 heterocycles. The van der Waals surface area contributed by atoms with E-state index in [1.165, 1.54) is 24.3 Å². The second kappa shape index (κ2) is 14.8. The summed E-state index contributed by atoms with van der Waals surface area (Å²) in [7, 11) is -7.75. The Kier molecular flexibility index (Phi) is 10.9. The van der Waals surface area contributed by atoms with Gasteiger partial charge in [-0.15, -0.1) is 15.3 Å². The van der Waals surface area contributed by atoms with E-state index in [-0.39, 0.29) is 28.6 Å². The highest BCUT2D eigenvalue weighted by Gasteiger charge is 2.18. The maximum absolute atomic E-state index is 11.9. The fourth-order valence-electron chi connectivity index (χ4n) is 4.33. The number of hydrogen-bond donors (Lipinski definition) is 3. The molecule has 13 nitrogen and oxygen atoms in total. The molecule has 0 saturated carbocycles. The monoisotopic (exact) mass is 660 g/mol. The van der Waals surface area contributed by atoms with Crippen LogP contribution in [0.3, 0.4) is 0 Å². The summed E-state index contributed by atoms with van der Waals surface area (Å²) in [4.78, 5) is 4.35. The standard InChI is InChI=1S/C31H32N8O5S2/c1-4-6-17-33-31-29(21(3)26(20-32)30(35-31)34-18-19-45(40,41)5-2)39-38-28-16-15-27(24-9-7-8-10-25(24)28)37-36-22-11-13-23(14-12-22)46(42,43)44/h5,7-16H,2,4,6,17-19H2,1,3H3,(H2,33,34,35)(H,42,43,44)/b37-36+,39-38+. The van der Waals surface area contributed by atoms with Crippen LogP contribution in [-0.4, -0.2) is 45.2 Å². The van der Waals surface area contributed by atoms with Gasteiger partial charge in [0.25, 0.3) is 10.1 Å². The number of rotatable bonds is 14. The molecule has 0 aliphatic heterocycles. The number of nitrogens with zero attached hydrogens (tertiary/aromatic N) is 6. The normalized spacial score (nSPS) is 12.0. The van der Waals surface area contributed by atoms with Crippen molar-refractivity contribution in [2.75, 3.05) is 29.5 Å². The van der Waals surface area contributed by atoms with E-state index in [9.17, 15) is 26.7 Å². The van der Waals surface area contributed by atoms with Crippen molar-refractivity contribution < 1.29 is 21.4 Å². The van der Waals surface area contributed by atoms with Crippen LogP contribution < -0.4 is 10.6 Å². The Morgan fingerprint density at radius 1 is 0.891 bits per heavy atom. The van der Waals surface area contributed by atoms with E-state index in [1.54, 1.807) is 19.1 Å². The number of nitrogens with one attached hydrogen (secondary N) is 2. The number of fused-ring (bicyclic) bond motifs is 1. The van der Waals surface area contributed by atoms with Crippen LogP contribution in [0.15, 0.2) is 98.0 Å². The topological polar surface area (TPSA) is 199 Å². The molecule has 0 bridgehead atoms. The van der Waals surface area contributed by atoms with Crippen molar-refractivity contribution in [1.29, 1.82) is 5.26 Å². The van der Waals surface area contributed by atoms with Crippen LogP contribution in [0, 0.1) is 18.3 Å². The van der Waals surface area contributed by atoms with Gasteiger partial charge in [0.1, 0.15) is 17.6 Å². The third-order valence-corrected chi connectivity index (χ3v) is 8.97. The number of anilines is 2. The highest BCUT2D eigenvalue weighted by Crippen LogP contribution is 2.38. The Labute approximate surface area is 267 Å². The number of nitriles is 1. The molecule has 3 N–H and O–H groups in total. The summed E-state index contributed by atoms with van der Waals surface area (Å²) >= 11 is 0. The van der Waals surface area contributed by atoms with Gasteiger partial charge in [-0.25, -0.2) is 13.4 Å². The van der Waals surface area contributed by atoms with Crippen molar-refractivity contribution in [1.82, 2.24) is 4.98 Å². The van der Waals surface area contributed by atoms with E-state index in [0.717, 1.165) is 29.0 Å². The maximum atomic E-state index is 11.9. The van der Waals surface area contributed by atoms with Gasteiger partial charge in [-0.05, 0) is 49.7 Å². The lowest BCUT2D eigenvalue weighted by Crippen LogP contribution is -2.16. The molecule has 0 saturated heterocycles. The van der Waals surface area contributed by atoms with Gasteiger partial charge in [0.2, 0.25) is 0 Å². The molecule has 1 aromatic heterocycles. The van der Waals surface area contributed by atoms with Crippen molar-refractivity contribution in [3.63, 3.8) is 0 Å². The summed E-state index contributed by atoms with van der Waals surface area (Å²) in [6.07, 6.45) is 1.80. The number of unbranched alkanes of at least 4 members (excludes halogenated alkanes) is 1. The molecule has 0 aliphatic carbocycles. The molecule has 0 aliphatic rings. The molecule has 4 aromatic rings. The first-order chi connectivity index (χ1) is 22.0. The minimum Gasteiger partial charge on any atom is -0.368 e.